The van der Waals surface area contributed by atoms with Gasteiger partial charge in [0.1, 0.15) is 23.7 Å². The van der Waals surface area contributed by atoms with E-state index >= 15 is 0 Å². The molecule has 0 radical (unpaired) electrons. The fourth-order valence-electron chi connectivity index (χ4n) is 2.76. The lowest BCUT2D eigenvalue weighted by atomic mass is 9.92. The second-order valence-electron chi connectivity index (χ2n) is 5.63. The summed E-state index contributed by atoms with van der Waals surface area (Å²) < 4.78 is 5.94. The number of nitrogens with zero attached hydrogens (tertiary/aromatic N) is 1. The second-order valence-corrected chi connectivity index (χ2v) is 6.71. The van der Waals surface area contributed by atoms with Crippen LogP contribution in [0.25, 0.3) is 0 Å². The first-order valence-corrected chi connectivity index (χ1v) is 8.29. The highest BCUT2D eigenvalue weighted by Crippen LogP contribution is 2.34. The number of fused-ring (bicyclic) bond motifs is 1. The molecule has 0 bridgehead atoms. The lowest BCUT2D eigenvalue weighted by Crippen LogP contribution is -2.61. The minimum atomic E-state index is -0.863. The van der Waals surface area contributed by atoms with Crippen LogP contribution in [0.2, 0.25) is 0 Å². The monoisotopic (exact) mass is 301 g/mol. The van der Waals surface area contributed by atoms with Crippen molar-refractivity contribution in [3.05, 3.63) is 0 Å². The number of thioether (sulfide) groups is 1. The summed E-state index contributed by atoms with van der Waals surface area (Å²) in [7, 11) is 0. The van der Waals surface area contributed by atoms with Gasteiger partial charge in [-0.05, 0) is 19.8 Å². The van der Waals surface area contributed by atoms with Crippen molar-refractivity contribution >= 4 is 16.9 Å². The van der Waals surface area contributed by atoms with Crippen LogP contribution in [0.1, 0.15) is 26.2 Å². The fraction of sp³-hybridized carbons (Fsp3) is 0.923. The highest BCUT2D eigenvalue weighted by Gasteiger charge is 2.48. The van der Waals surface area contributed by atoms with E-state index in [1.165, 1.54) is 31.0 Å². The van der Waals surface area contributed by atoms with Crippen LogP contribution in [-0.2, 0) is 4.74 Å². The van der Waals surface area contributed by atoms with Gasteiger partial charge in [-0.2, -0.15) is 0 Å². The van der Waals surface area contributed by atoms with E-state index in [1.54, 1.807) is 0 Å². The van der Waals surface area contributed by atoms with Crippen molar-refractivity contribution in [2.24, 2.45) is 4.99 Å². The van der Waals surface area contributed by atoms with E-state index < -0.39 is 12.2 Å². The third-order valence-corrected chi connectivity index (χ3v) is 5.34. The van der Waals surface area contributed by atoms with Crippen molar-refractivity contribution in [3.63, 3.8) is 0 Å². The Balaban J connectivity index is 1.59. The van der Waals surface area contributed by atoms with Crippen LogP contribution in [0.5, 0.6) is 0 Å². The number of hydrogen-bond acceptors (Lipinski definition) is 6. The molecular formula is C13H23N3O3S. The molecule has 3 aliphatic rings. The Kier molecular flexibility index (Phi) is 4.52. The van der Waals surface area contributed by atoms with Gasteiger partial charge in [-0.3, -0.25) is 4.99 Å². The number of nitrogens with one attached hydrogen (secondary N) is 2. The van der Waals surface area contributed by atoms with Crippen molar-refractivity contribution < 1.29 is 14.9 Å². The fourth-order valence-corrected chi connectivity index (χ4v) is 3.96. The maximum absolute atomic E-state index is 10.3. The summed E-state index contributed by atoms with van der Waals surface area (Å²) >= 11 is 1.50. The van der Waals surface area contributed by atoms with Gasteiger partial charge in [-0.25, -0.2) is 0 Å². The maximum atomic E-state index is 10.3. The Morgan fingerprint density at radius 2 is 2.20 bits per heavy atom. The van der Waals surface area contributed by atoms with Gasteiger partial charge in [0.05, 0.1) is 6.04 Å². The van der Waals surface area contributed by atoms with E-state index in [0.717, 1.165) is 5.17 Å². The second kappa shape index (κ2) is 6.19. The molecule has 3 rings (SSSR count). The number of hydrogen-bond donors (Lipinski definition) is 4. The zero-order chi connectivity index (χ0) is 14.1. The molecule has 0 aromatic rings. The molecule has 4 N–H and O–H groups in total. The van der Waals surface area contributed by atoms with E-state index in [0.29, 0.717) is 19.1 Å². The Hall–Kier alpha value is -0.340. The first kappa shape index (κ1) is 14.6. The molecule has 1 saturated carbocycles. The Bertz CT molecular complexity index is 378. The van der Waals surface area contributed by atoms with Crippen LogP contribution in [0.15, 0.2) is 4.99 Å². The van der Waals surface area contributed by atoms with Crippen molar-refractivity contribution in [2.75, 3.05) is 13.1 Å². The van der Waals surface area contributed by atoms with Crippen molar-refractivity contribution in [3.8, 4) is 0 Å². The molecule has 20 heavy (non-hydrogen) atoms. The zero-order valence-corrected chi connectivity index (χ0v) is 12.5. The summed E-state index contributed by atoms with van der Waals surface area (Å²) in [5.74, 6) is 0. The largest absolute Gasteiger partial charge is 0.388 e. The van der Waals surface area contributed by atoms with Crippen LogP contribution < -0.4 is 10.6 Å². The summed E-state index contributed by atoms with van der Waals surface area (Å²) in [6, 6.07) is 0.271. The number of aliphatic hydroxyl groups is 2. The van der Waals surface area contributed by atoms with Crippen LogP contribution in [0.3, 0.4) is 0 Å². The van der Waals surface area contributed by atoms with E-state index in [9.17, 15) is 10.2 Å². The van der Waals surface area contributed by atoms with Gasteiger partial charge in [0, 0.05) is 19.1 Å². The highest BCUT2D eigenvalue weighted by atomic mass is 32.2. The molecule has 7 heteroatoms. The number of aliphatic imine (C=N–C) groups is 1. The molecule has 3 fully saturated rings. The molecule has 5 atom stereocenters. The molecule has 114 valence electrons. The highest BCUT2D eigenvalue weighted by molar-refractivity contribution is 8.14. The summed E-state index contributed by atoms with van der Waals surface area (Å²) in [5.41, 5.74) is -0.174. The zero-order valence-electron chi connectivity index (χ0n) is 11.7. The first-order chi connectivity index (χ1) is 9.69. The molecule has 5 unspecified atom stereocenters. The quantitative estimate of drug-likeness (QED) is 0.568. The molecule has 0 amide bonds. The van der Waals surface area contributed by atoms with Gasteiger partial charge < -0.3 is 25.6 Å². The normalized spacial score (nSPS) is 43.1. The predicted molar refractivity (Wildman–Crippen MR) is 78.8 cm³/mol. The molecule has 0 aromatic heterocycles. The molecule has 2 saturated heterocycles. The van der Waals surface area contributed by atoms with Gasteiger partial charge in [0.2, 0.25) is 0 Å². The van der Waals surface area contributed by atoms with Crippen LogP contribution in [-0.4, -0.2) is 64.3 Å². The van der Waals surface area contributed by atoms with E-state index in [1.807, 2.05) is 6.92 Å². The molecule has 1 aliphatic carbocycles. The third kappa shape index (κ3) is 2.82. The van der Waals surface area contributed by atoms with Gasteiger partial charge in [0.25, 0.3) is 0 Å². The third-order valence-electron chi connectivity index (χ3n) is 4.23. The van der Waals surface area contributed by atoms with Crippen LogP contribution in [0, 0.1) is 0 Å². The topological polar surface area (TPSA) is 86.1 Å². The summed E-state index contributed by atoms with van der Waals surface area (Å²) in [4.78, 5) is 4.31. The summed E-state index contributed by atoms with van der Waals surface area (Å²) in [6.45, 7) is 3.25. The van der Waals surface area contributed by atoms with Crippen molar-refractivity contribution in [1.29, 1.82) is 0 Å². The maximum Gasteiger partial charge on any atom is 0.159 e. The molecule has 2 aliphatic heterocycles. The SMILES string of the molecule is CCN=C1NC2C(OC(CNC3CCC3)C(O)C2O)S1. The smallest absolute Gasteiger partial charge is 0.159 e. The molecule has 6 nitrogen and oxygen atoms in total. The summed E-state index contributed by atoms with van der Waals surface area (Å²) in [5, 5.41) is 27.8. The Labute approximate surface area is 123 Å². The average Bonchev–Trinajstić information content (AvgIpc) is 2.77. The van der Waals surface area contributed by atoms with Gasteiger partial charge in [0.15, 0.2) is 5.17 Å². The lowest BCUT2D eigenvalue weighted by Gasteiger charge is -2.40. The van der Waals surface area contributed by atoms with E-state index in [2.05, 4.69) is 15.6 Å². The van der Waals surface area contributed by atoms with Gasteiger partial charge in [-0.1, -0.05) is 18.2 Å². The van der Waals surface area contributed by atoms with Crippen LogP contribution in [0.4, 0.5) is 0 Å². The van der Waals surface area contributed by atoms with Gasteiger partial charge >= 0.3 is 0 Å². The molecule has 0 aromatic carbocycles. The predicted octanol–water partition coefficient (Wildman–Crippen LogP) is -0.344. The number of ether oxygens (including phenoxy) is 1. The molecule has 0 spiro atoms. The van der Waals surface area contributed by atoms with E-state index in [4.69, 9.17) is 4.74 Å². The Morgan fingerprint density at radius 1 is 1.40 bits per heavy atom. The van der Waals surface area contributed by atoms with E-state index in [-0.39, 0.29) is 17.6 Å². The molecule has 2 heterocycles. The Morgan fingerprint density at radius 3 is 2.85 bits per heavy atom. The standard InChI is InChI=1S/C13H23N3O3S/c1-2-14-13-16-9-11(18)10(17)8(19-12(9)20-13)6-15-7-4-3-5-7/h7-12,15,17-18H,2-6H2,1H3,(H,14,16). The van der Waals surface area contributed by atoms with Crippen molar-refractivity contribution in [1.82, 2.24) is 10.6 Å². The number of amidine groups is 1. The van der Waals surface area contributed by atoms with Gasteiger partial charge in [-0.15, -0.1) is 0 Å². The minimum Gasteiger partial charge on any atom is -0.388 e. The lowest BCUT2D eigenvalue weighted by molar-refractivity contribution is -0.154. The number of aliphatic hydroxyl groups excluding tert-OH is 2. The average molecular weight is 301 g/mol. The van der Waals surface area contributed by atoms with Crippen molar-refractivity contribution in [2.45, 2.75) is 62.0 Å². The molecular weight excluding hydrogens is 278 g/mol. The van der Waals surface area contributed by atoms with Crippen LogP contribution >= 0.6 is 11.8 Å². The minimum absolute atomic E-state index is 0.174. The summed E-state index contributed by atoms with van der Waals surface area (Å²) in [6.07, 6.45) is 1.62. The number of rotatable bonds is 4. The first-order valence-electron chi connectivity index (χ1n) is 7.41.